The maximum atomic E-state index is 12.1. The van der Waals surface area contributed by atoms with Crippen molar-refractivity contribution in [3.05, 3.63) is 65.7 Å². The molecule has 134 valence electrons. The molecule has 0 radical (unpaired) electrons. The molecule has 25 heavy (non-hydrogen) atoms. The van der Waals surface area contributed by atoms with Crippen LogP contribution < -0.4 is 10.1 Å². The lowest BCUT2D eigenvalue weighted by Crippen LogP contribution is -2.31. The van der Waals surface area contributed by atoms with Crippen LogP contribution in [0.25, 0.3) is 0 Å². The Labute approximate surface area is 144 Å². The van der Waals surface area contributed by atoms with Gasteiger partial charge in [-0.25, -0.2) is 13.6 Å². The molecule has 5 nitrogen and oxygen atoms in total. The normalized spacial score (nSPS) is 11.8. The molecule has 0 spiro atoms. The predicted molar refractivity (Wildman–Crippen MR) is 87.5 cm³/mol. The van der Waals surface area contributed by atoms with Crippen LogP contribution in [-0.4, -0.2) is 30.8 Å². The SMILES string of the molecule is O=C(NC(CO)c1ccc(OCC(F)F)cc1)OCc1ccccc1. The Morgan fingerprint density at radius 1 is 1.08 bits per heavy atom. The van der Waals surface area contributed by atoms with Gasteiger partial charge in [-0.3, -0.25) is 0 Å². The Morgan fingerprint density at radius 2 is 1.76 bits per heavy atom. The zero-order chi connectivity index (χ0) is 18.1. The zero-order valence-electron chi connectivity index (χ0n) is 13.4. The van der Waals surface area contributed by atoms with Gasteiger partial charge in [0.15, 0.2) is 0 Å². The molecule has 0 aliphatic heterocycles. The van der Waals surface area contributed by atoms with Gasteiger partial charge in [0.05, 0.1) is 12.6 Å². The highest BCUT2D eigenvalue weighted by Gasteiger charge is 2.15. The van der Waals surface area contributed by atoms with Crippen LogP contribution in [0.5, 0.6) is 5.75 Å². The highest BCUT2D eigenvalue weighted by atomic mass is 19.3. The third kappa shape index (κ3) is 6.39. The van der Waals surface area contributed by atoms with E-state index in [9.17, 15) is 18.7 Å². The molecule has 2 rings (SSSR count). The molecule has 2 aromatic carbocycles. The summed E-state index contributed by atoms with van der Waals surface area (Å²) in [7, 11) is 0. The van der Waals surface area contributed by atoms with E-state index in [0.29, 0.717) is 5.56 Å². The molecule has 0 aromatic heterocycles. The fraction of sp³-hybridized carbons (Fsp3) is 0.278. The van der Waals surface area contributed by atoms with E-state index in [0.717, 1.165) is 5.56 Å². The molecule has 1 amide bonds. The van der Waals surface area contributed by atoms with Crippen LogP contribution in [0.1, 0.15) is 17.2 Å². The van der Waals surface area contributed by atoms with Gasteiger partial charge in [0, 0.05) is 0 Å². The fourth-order valence-electron chi connectivity index (χ4n) is 2.10. The van der Waals surface area contributed by atoms with E-state index >= 15 is 0 Å². The lowest BCUT2D eigenvalue weighted by atomic mass is 10.1. The van der Waals surface area contributed by atoms with Gasteiger partial charge in [0.1, 0.15) is 19.0 Å². The average Bonchev–Trinajstić information content (AvgIpc) is 2.64. The van der Waals surface area contributed by atoms with Crippen molar-refractivity contribution in [1.29, 1.82) is 0 Å². The number of halogens is 2. The summed E-state index contributed by atoms with van der Waals surface area (Å²) in [5.74, 6) is 0.285. The fourth-order valence-corrected chi connectivity index (χ4v) is 2.10. The molecule has 2 N–H and O–H groups in total. The maximum absolute atomic E-state index is 12.1. The first-order valence-electron chi connectivity index (χ1n) is 7.67. The second kappa shape index (κ2) is 9.58. The van der Waals surface area contributed by atoms with E-state index < -0.39 is 25.2 Å². The van der Waals surface area contributed by atoms with Crippen LogP contribution in [0.4, 0.5) is 13.6 Å². The molecule has 0 fully saturated rings. The molecule has 2 aromatic rings. The molecular weight excluding hydrogens is 332 g/mol. The number of carbonyl (C=O) groups is 1. The Kier molecular flexibility index (Phi) is 7.16. The van der Waals surface area contributed by atoms with Crippen molar-refractivity contribution in [2.75, 3.05) is 13.2 Å². The van der Waals surface area contributed by atoms with Crippen LogP contribution in [0.2, 0.25) is 0 Å². The van der Waals surface area contributed by atoms with Crippen LogP contribution >= 0.6 is 0 Å². The van der Waals surface area contributed by atoms with Crippen molar-refractivity contribution in [1.82, 2.24) is 5.32 Å². The number of hydrogen-bond acceptors (Lipinski definition) is 4. The van der Waals surface area contributed by atoms with Gasteiger partial charge in [0.2, 0.25) is 0 Å². The van der Waals surface area contributed by atoms with Gasteiger partial charge in [-0.15, -0.1) is 0 Å². The quantitative estimate of drug-likeness (QED) is 0.766. The minimum atomic E-state index is -2.55. The van der Waals surface area contributed by atoms with E-state index in [2.05, 4.69) is 5.32 Å². The Bertz CT molecular complexity index is 650. The third-order valence-electron chi connectivity index (χ3n) is 3.35. The van der Waals surface area contributed by atoms with E-state index in [1.165, 1.54) is 12.1 Å². The molecular formula is C18H19F2NO4. The molecule has 0 aliphatic rings. The van der Waals surface area contributed by atoms with E-state index in [4.69, 9.17) is 9.47 Å². The highest BCUT2D eigenvalue weighted by Crippen LogP contribution is 2.18. The zero-order valence-corrected chi connectivity index (χ0v) is 13.4. The monoisotopic (exact) mass is 351 g/mol. The number of carbonyl (C=O) groups excluding carboxylic acids is 1. The lowest BCUT2D eigenvalue weighted by Gasteiger charge is -2.17. The number of hydrogen-bond donors (Lipinski definition) is 2. The minimum absolute atomic E-state index is 0.116. The Balaban J connectivity index is 1.87. The van der Waals surface area contributed by atoms with Crippen molar-refractivity contribution in [2.24, 2.45) is 0 Å². The molecule has 7 heteroatoms. The van der Waals surface area contributed by atoms with Gasteiger partial charge in [-0.05, 0) is 23.3 Å². The maximum Gasteiger partial charge on any atom is 0.408 e. The number of amides is 1. The van der Waals surface area contributed by atoms with E-state index in [-0.39, 0.29) is 19.0 Å². The largest absolute Gasteiger partial charge is 0.488 e. The summed E-state index contributed by atoms with van der Waals surface area (Å²) in [6.45, 7) is -0.907. The molecule has 0 heterocycles. The number of aliphatic hydroxyl groups is 1. The molecule has 0 bridgehead atoms. The number of rotatable bonds is 8. The van der Waals surface area contributed by atoms with E-state index in [1.54, 1.807) is 12.1 Å². The van der Waals surface area contributed by atoms with Crippen LogP contribution in [0, 0.1) is 0 Å². The number of aliphatic hydroxyl groups excluding tert-OH is 1. The molecule has 0 saturated carbocycles. The van der Waals surface area contributed by atoms with Crippen molar-refractivity contribution >= 4 is 6.09 Å². The average molecular weight is 351 g/mol. The first kappa shape index (κ1) is 18.7. The minimum Gasteiger partial charge on any atom is -0.488 e. The standard InChI is InChI=1S/C18H19F2NO4/c19-17(20)12-24-15-8-6-14(7-9-15)16(10-22)21-18(23)25-11-13-4-2-1-3-5-13/h1-9,16-17,22H,10-12H2,(H,21,23). The highest BCUT2D eigenvalue weighted by molar-refractivity contribution is 5.68. The topological polar surface area (TPSA) is 67.8 Å². The van der Waals surface area contributed by atoms with Gasteiger partial charge in [0.25, 0.3) is 6.43 Å². The van der Waals surface area contributed by atoms with Crippen molar-refractivity contribution in [3.8, 4) is 5.75 Å². The lowest BCUT2D eigenvalue weighted by molar-refractivity contribution is 0.0819. The second-order valence-corrected chi connectivity index (χ2v) is 5.21. The summed E-state index contributed by atoms with van der Waals surface area (Å²) in [5.41, 5.74) is 1.45. The van der Waals surface area contributed by atoms with Gasteiger partial charge in [-0.2, -0.15) is 0 Å². The molecule has 0 aliphatic carbocycles. The second-order valence-electron chi connectivity index (χ2n) is 5.21. The number of nitrogens with one attached hydrogen (secondary N) is 1. The smallest absolute Gasteiger partial charge is 0.408 e. The van der Waals surface area contributed by atoms with Crippen molar-refractivity contribution in [2.45, 2.75) is 19.1 Å². The first-order chi connectivity index (χ1) is 12.1. The van der Waals surface area contributed by atoms with Gasteiger partial charge in [-0.1, -0.05) is 42.5 Å². The van der Waals surface area contributed by atoms with Gasteiger partial charge >= 0.3 is 6.09 Å². The Hall–Kier alpha value is -2.67. The van der Waals surface area contributed by atoms with Gasteiger partial charge < -0.3 is 19.9 Å². The summed E-state index contributed by atoms with van der Waals surface area (Å²) in [6.07, 6.45) is -3.22. The third-order valence-corrected chi connectivity index (χ3v) is 3.35. The summed E-state index contributed by atoms with van der Waals surface area (Å²) < 4.78 is 34.2. The Morgan fingerprint density at radius 3 is 2.36 bits per heavy atom. The number of ether oxygens (including phenoxy) is 2. The molecule has 1 unspecified atom stereocenters. The summed E-state index contributed by atoms with van der Waals surface area (Å²) in [6, 6.07) is 14.7. The van der Waals surface area contributed by atoms with Crippen molar-refractivity contribution < 1.29 is 28.2 Å². The van der Waals surface area contributed by atoms with Crippen LogP contribution in [0.15, 0.2) is 54.6 Å². The molecule has 0 saturated heterocycles. The van der Waals surface area contributed by atoms with E-state index in [1.807, 2.05) is 30.3 Å². The number of alkyl carbamates (subject to hydrolysis) is 1. The van der Waals surface area contributed by atoms with Crippen molar-refractivity contribution in [3.63, 3.8) is 0 Å². The predicted octanol–water partition coefficient (Wildman–Crippen LogP) is 3.29. The number of alkyl halides is 2. The van der Waals surface area contributed by atoms with Crippen LogP contribution in [0.3, 0.4) is 0 Å². The number of benzene rings is 2. The summed E-state index contributed by atoms with van der Waals surface area (Å²) in [5, 5.41) is 12.0. The summed E-state index contributed by atoms with van der Waals surface area (Å²) in [4.78, 5) is 11.9. The van der Waals surface area contributed by atoms with Crippen LogP contribution in [-0.2, 0) is 11.3 Å². The summed E-state index contributed by atoms with van der Waals surface area (Å²) >= 11 is 0. The molecule has 1 atom stereocenters. The first-order valence-corrected chi connectivity index (χ1v) is 7.67.